The van der Waals surface area contributed by atoms with Crippen molar-refractivity contribution >= 4 is 17.3 Å². The zero-order valence-electron chi connectivity index (χ0n) is 9.91. The number of aryl methyl sites for hydroxylation is 1. The van der Waals surface area contributed by atoms with Crippen molar-refractivity contribution in [1.82, 2.24) is 0 Å². The van der Waals surface area contributed by atoms with E-state index in [0.29, 0.717) is 22.5 Å². The number of anilines is 2. The van der Waals surface area contributed by atoms with Gasteiger partial charge in [0.1, 0.15) is 5.82 Å². The van der Waals surface area contributed by atoms with E-state index in [9.17, 15) is 9.18 Å². The average molecular weight is 244 g/mol. The van der Waals surface area contributed by atoms with Gasteiger partial charge >= 0.3 is 0 Å². The first-order valence-electron chi connectivity index (χ1n) is 5.50. The van der Waals surface area contributed by atoms with Gasteiger partial charge in [0.05, 0.1) is 5.56 Å². The van der Waals surface area contributed by atoms with Crippen molar-refractivity contribution in [1.29, 1.82) is 0 Å². The zero-order chi connectivity index (χ0) is 13.1. The second-order valence-electron chi connectivity index (χ2n) is 4.01. The summed E-state index contributed by atoms with van der Waals surface area (Å²) < 4.78 is 13.1. The second-order valence-corrected chi connectivity index (χ2v) is 4.01. The maximum absolute atomic E-state index is 13.1. The second kappa shape index (κ2) is 4.87. The molecule has 18 heavy (non-hydrogen) atoms. The lowest BCUT2D eigenvalue weighted by Gasteiger charge is -2.08. The van der Waals surface area contributed by atoms with Gasteiger partial charge in [-0.2, -0.15) is 0 Å². The van der Waals surface area contributed by atoms with Crippen LogP contribution in [0.4, 0.5) is 15.8 Å². The summed E-state index contributed by atoms with van der Waals surface area (Å²) in [5.41, 5.74) is 7.55. The SMILES string of the molecule is Cc1cc(NC(=O)c2ccccc2N)ccc1F. The molecule has 0 aliphatic heterocycles. The quantitative estimate of drug-likeness (QED) is 0.798. The number of rotatable bonds is 2. The minimum Gasteiger partial charge on any atom is -0.398 e. The summed E-state index contributed by atoms with van der Waals surface area (Å²) in [5.74, 6) is -0.605. The minimum absolute atomic E-state index is 0.299. The standard InChI is InChI=1S/C14H13FN2O/c1-9-8-10(6-7-12(9)15)17-14(18)11-4-2-3-5-13(11)16/h2-8H,16H2,1H3,(H,17,18). The number of carbonyl (C=O) groups excluding carboxylic acids is 1. The third-order valence-electron chi connectivity index (χ3n) is 2.62. The largest absolute Gasteiger partial charge is 0.398 e. The van der Waals surface area contributed by atoms with Crippen LogP contribution in [-0.4, -0.2) is 5.91 Å². The fraction of sp³-hybridized carbons (Fsp3) is 0.0714. The van der Waals surface area contributed by atoms with Crippen LogP contribution in [0.25, 0.3) is 0 Å². The molecule has 0 aliphatic carbocycles. The van der Waals surface area contributed by atoms with Crippen molar-refractivity contribution < 1.29 is 9.18 Å². The normalized spacial score (nSPS) is 10.1. The van der Waals surface area contributed by atoms with Gasteiger partial charge in [0, 0.05) is 11.4 Å². The number of amides is 1. The maximum atomic E-state index is 13.1. The maximum Gasteiger partial charge on any atom is 0.257 e. The number of nitrogen functional groups attached to an aromatic ring is 1. The molecule has 2 aromatic carbocycles. The molecule has 3 N–H and O–H groups in total. The summed E-state index contributed by atoms with van der Waals surface area (Å²) in [6, 6.07) is 11.2. The Morgan fingerprint density at radius 1 is 1.22 bits per heavy atom. The summed E-state index contributed by atoms with van der Waals surface area (Å²) in [7, 11) is 0. The highest BCUT2D eigenvalue weighted by Gasteiger charge is 2.09. The smallest absolute Gasteiger partial charge is 0.257 e. The fourth-order valence-electron chi connectivity index (χ4n) is 1.62. The number of nitrogens with two attached hydrogens (primary N) is 1. The molecule has 0 aliphatic rings. The Bertz CT molecular complexity index is 596. The summed E-state index contributed by atoms with van der Waals surface area (Å²) in [5, 5.41) is 2.68. The van der Waals surface area contributed by atoms with E-state index in [0.717, 1.165) is 0 Å². The van der Waals surface area contributed by atoms with E-state index in [2.05, 4.69) is 5.32 Å². The van der Waals surface area contributed by atoms with Gasteiger partial charge in [0.25, 0.3) is 5.91 Å². The molecular weight excluding hydrogens is 231 g/mol. The number of halogens is 1. The number of benzene rings is 2. The summed E-state index contributed by atoms with van der Waals surface area (Å²) >= 11 is 0. The molecule has 0 aromatic heterocycles. The number of hydrogen-bond donors (Lipinski definition) is 2. The monoisotopic (exact) mass is 244 g/mol. The van der Waals surface area contributed by atoms with Crippen molar-refractivity contribution in [2.45, 2.75) is 6.92 Å². The van der Waals surface area contributed by atoms with Gasteiger partial charge in [0.2, 0.25) is 0 Å². The van der Waals surface area contributed by atoms with Gasteiger partial charge < -0.3 is 11.1 Å². The minimum atomic E-state index is -0.306. The van der Waals surface area contributed by atoms with Crippen molar-refractivity contribution in [3.8, 4) is 0 Å². The van der Waals surface area contributed by atoms with Gasteiger partial charge in [-0.25, -0.2) is 4.39 Å². The first kappa shape index (κ1) is 12.1. The molecular formula is C14H13FN2O. The molecule has 2 rings (SSSR count). The summed E-state index contributed by atoms with van der Waals surface area (Å²) in [4.78, 5) is 11.9. The third kappa shape index (κ3) is 2.48. The van der Waals surface area contributed by atoms with Gasteiger partial charge in [-0.15, -0.1) is 0 Å². The molecule has 4 heteroatoms. The molecule has 0 saturated carbocycles. The van der Waals surface area contributed by atoms with Gasteiger partial charge in [-0.3, -0.25) is 4.79 Å². The van der Waals surface area contributed by atoms with Crippen molar-refractivity contribution in [2.75, 3.05) is 11.1 Å². The van der Waals surface area contributed by atoms with E-state index >= 15 is 0 Å². The molecule has 3 nitrogen and oxygen atoms in total. The molecule has 1 amide bonds. The molecule has 0 radical (unpaired) electrons. The van der Waals surface area contributed by atoms with Gasteiger partial charge in [0.15, 0.2) is 0 Å². The molecule has 0 fully saturated rings. The molecule has 0 heterocycles. The van der Waals surface area contributed by atoms with Crippen LogP contribution in [0.2, 0.25) is 0 Å². The molecule has 0 bridgehead atoms. The molecule has 92 valence electrons. The highest BCUT2D eigenvalue weighted by molar-refractivity contribution is 6.07. The topological polar surface area (TPSA) is 55.1 Å². The van der Waals surface area contributed by atoms with E-state index in [1.165, 1.54) is 12.1 Å². The van der Waals surface area contributed by atoms with Gasteiger partial charge in [-0.05, 0) is 42.8 Å². The van der Waals surface area contributed by atoms with E-state index in [1.54, 1.807) is 37.3 Å². The Hall–Kier alpha value is -2.36. The third-order valence-corrected chi connectivity index (χ3v) is 2.62. The van der Waals surface area contributed by atoms with Crippen LogP contribution in [0.15, 0.2) is 42.5 Å². The van der Waals surface area contributed by atoms with Crippen molar-refractivity contribution in [3.63, 3.8) is 0 Å². The Morgan fingerprint density at radius 2 is 1.94 bits per heavy atom. The fourth-order valence-corrected chi connectivity index (χ4v) is 1.62. The Morgan fingerprint density at radius 3 is 2.61 bits per heavy atom. The highest BCUT2D eigenvalue weighted by Crippen LogP contribution is 2.16. The van der Waals surface area contributed by atoms with Crippen LogP contribution in [0.3, 0.4) is 0 Å². The van der Waals surface area contributed by atoms with Crippen LogP contribution in [0.1, 0.15) is 15.9 Å². The Kier molecular flexibility index (Phi) is 3.28. The van der Waals surface area contributed by atoms with E-state index < -0.39 is 0 Å². The van der Waals surface area contributed by atoms with Crippen LogP contribution in [0.5, 0.6) is 0 Å². The van der Waals surface area contributed by atoms with Crippen LogP contribution in [-0.2, 0) is 0 Å². The lowest BCUT2D eigenvalue weighted by atomic mass is 10.1. The first-order chi connectivity index (χ1) is 8.58. The molecule has 0 atom stereocenters. The highest BCUT2D eigenvalue weighted by atomic mass is 19.1. The Labute approximate surface area is 104 Å². The predicted octanol–water partition coefficient (Wildman–Crippen LogP) is 2.97. The number of carbonyl (C=O) groups is 1. The van der Waals surface area contributed by atoms with Crippen molar-refractivity contribution in [3.05, 3.63) is 59.4 Å². The molecule has 0 saturated heterocycles. The zero-order valence-corrected chi connectivity index (χ0v) is 9.91. The number of para-hydroxylation sites is 1. The average Bonchev–Trinajstić information content (AvgIpc) is 2.34. The Balaban J connectivity index is 2.22. The molecule has 0 spiro atoms. The summed E-state index contributed by atoms with van der Waals surface area (Å²) in [6.45, 7) is 1.64. The summed E-state index contributed by atoms with van der Waals surface area (Å²) in [6.07, 6.45) is 0. The first-order valence-corrected chi connectivity index (χ1v) is 5.50. The van der Waals surface area contributed by atoms with E-state index in [-0.39, 0.29) is 11.7 Å². The number of hydrogen-bond acceptors (Lipinski definition) is 2. The van der Waals surface area contributed by atoms with Gasteiger partial charge in [-0.1, -0.05) is 12.1 Å². The van der Waals surface area contributed by atoms with Crippen LogP contribution < -0.4 is 11.1 Å². The van der Waals surface area contributed by atoms with Crippen LogP contribution >= 0.6 is 0 Å². The molecule has 0 unspecified atom stereocenters. The van der Waals surface area contributed by atoms with Crippen molar-refractivity contribution in [2.24, 2.45) is 0 Å². The van der Waals surface area contributed by atoms with E-state index in [1.807, 2.05) is 0 Å². The lowest BCUT2D eigenvalue weighted by molar-refractivity contribution is 0.102. The predicted molar refractivity (Wildman–Crippen MR) is 69.9 cm³/mol. The van der Waals surface area contributed by atoms with Crippen LogP contribution in [0, 0.1) is 12.7 Å². The number of nitrogens with one attached hydrogen (secondary N) is 1. The lowest BCUT2D eigenvalue weighted by Crippen LogP contribution is -2.14. The van der Waals surface area contributed by atoms with E-state index in [4.69, 9.17) is 5.73 Å². The molecule has 2 aromatic rings.